The van der Waals surface area contributed by atoms with E-state index in [1.807, 2.05) is 0 Å². The van der Waals surface area contributed by atoms with E-state index < -0.39 is 11.7 Å². The van der Waals surface area contributed by atoms with Gasteiger partial charge in [0, 0.05) is 12.6 Å². The normalized spacial score (nSPS) is 12.3. The van der Waals surface area contributed by atoms with E-state index in [1.54, 1.807) is 25.1 Å². The summed E-state index contributed by atoms with van der Waals surface area (Å²) < 4.78 is 14.1. The van der Waals surface area contributed by atoms with Gasteiger partial charge in [0.15, 0.2) is 0 Å². The predicted octanol–water partition coefficient (Wildman–Crippen LogP) is 2.71. The van der Waals surface area contributed by atoms with E-state index in [2.05, 4.69) is 15.9 Å². The third-order valence-electron chi connectivity index (χ3n) is 2.40. The highest BCUT2D eigenvalue weighted by Crippen LogP contribution is 2.26. The smallest absolute Gasteiger partial charge is 0.253 e. The summed E-state index contributed by atoms with van der Waals surface area (Å²) in [6.45, 7) is 1.64. The van der Waals surface area contributed by atoms with Crippen molar-refractivity contribution in [2.75, 3.05) is 14.2 Å². The van der Waals surface area contributed by atoms with Crippen LogP contribution in [0.2, 0.25) is 0 Å². The van der Waals surface area contributed by atoms with Gasteiger partial charge in [0.25, 0.3) is 5.91 Å². The first-order valence-electron chi connectivity index (χ1n) is 4.74. The van der Waals surface area contributed by atoms with Crippen molar-refractivity contribution in [2.45, 2.75) is 12.8 Å². The van der Waals surface area contributed by atoms with Crippen LogP contribution in [0.1, 0.15) is 18.4 Å². The lowest BCUT2D eigenvalue weighted by atomic mass is 10.00. The van der Waals surface area contributed by atoms with Gasteiger partial charge in [-0.2, -0.15) is 0 Å². The quantitative estimate of drug-likeness (QED) is 0.801. The summed E-state index contributed by atoms with van der Waals surface area (Å²) in [7, 11) is 2.89. The van der Waals surface area contributed by atoms with Gasteiger partial charge in [-0.25, -0.2) is 9.45 Å². The molecule has 0 bridgehead atoms. The molecule has 0 aliphatic heterocycles. The van der Waals surface area contributed by atoms with Gasteiger partial charge in [-0.3, -0.25) is 9.63 Å². The molecule has 0 spiro atoms. The van der Waals surface area contributed by atoms with Crippen LogP contribution in [0.4, 0.5) is 4.39 Å². The van der Waals surface area contributed by atoms with Crippen LogP contribution in [0.25, 0.3) is 0 Å². The average molecular weight is 290 g/mol. The van der Waals surface area contributed by atoms with Gasteiger partial charge in [-0.05, 0) is 28.9 Å². The Hall–Kier alpha value is -0.940. The summed E-state index contributed by atoms with van der Waals surface area (Å²) in [5.41, 5.74) is 0.350. The number of hydrogen-bond donors (Lipinski definition) is 0. The number of benzene rings is 1. The molecular weight excluding hydrogens is 277 g/mol. The number of amides is 1. The second-order valence-electron chi connectivity index (χ2n) is 3.38. The first-order valence-corrected chi connectivity index (χ1v) is 5.54. The Morgan fingerprint density at radius 3 is 2.75 bits per heavy atom. The SMILES string of the molecule is CON(C)C(=O)C(C)c1cccc(Br)c1F. The molecule has 1 unspecified atom stereocenters. The third kappa shape index (κ3) is 2.59. The molecule has 3 nitrogen and oxygen atoms in total. The van der Waals surface area contributed by atoms with Crippen molar-refractivity contribution < 1.29 is 14.0 Å². The maximum Gasteiger partial charge on any atom is 0.253 e. The Balaban J connectivity index is 3.01. The van der Waals surface area contributed by atoms with Crippen molar-refractivity contribution >= 4 is 21.8 Å². The molecule has 0 N–H and O–H groups in total. The summed E-state index contributed by atoms with van der Waals surface area (Å²) in [6, 6.07) is 4.88. The number of halogens is 2. The molecule has 1 atom stereocenters. The van der Waals surface area contributed by atoms with E-state index in [0.717, 1.165) is 5.06 Å². The molecule has 0 saturated carbocycles. The Morgan fingerprint density at radius 2 is 2.19 bits per heavy atom. The fourth-order valence-electron chi connectivity index (χ4n) is 1.35. The molecule has 88 valence electrons. The minimum atomic E-state index is -0.581. The molecule has 0 fully saturated rings. The first kappa shape index (κ1) is 13.1. The maximum atomic E-state index is 13.7. The van der Waals surface area contributed by atoms with Gasteiger partial charge < -0.3 is 0 Å². The number of hydroxylamine groups is 2. The van der Waals surface area contributed by atoms with Crippen molar-refractivity contribution in [3.8, 4) is 0 Å². The Labute approximate surface area is 102 Å². The zero-order valence-corrected chi connectivity index (χ0v) is 10.9. The minimum absolute atomic E-state index is 0.292. The van der Waals surface area contributed by atoms with Crippen LogP contribution < -0.4 is 0 Å². The molecule has 0 aromatic heterocycles. The number of carbonyl (C=O) groups is 1. The highest BCUT2D eigenvalue weighted by molar-refractivity contribution is 9.10. The fraction of sp³-hybridized carbons (Fsp3) is 0.364. The van der Waals surface area contributed by atoms with E-state index in [-0.39, 0.29) is 5.91 Å². The van der Waals surface area contributed by atoms with E-state index in [1.165, 1.54) is 14.2 Å². The average Bonchev–Trinajstić information content (AvgIpc) is 2.29. The van der Waals surface area contributed by atoms with E-state index in [9.17, 15) is 9.18 Å². The first-order chi connectivity index (χ1) is 7.49. The molecule has 1 aromatic rings. The zero-order chi connectivity index (χ0) is 12.3. The van der Waals surface area contributed by atoms with Crippen LogP contribution in [0.3, 0.4) is 0 Å². The molecular formula is C11H13BrFNO2. The van der Waals surface area contributed by atoms with Gasteiger partial charge in [0.2, 0.25) is 0 Å². The van der Waals surface area contributed by atoms with E-state index >= 15 is 0 Å². The predicted molar refractivity (Wildman–Crippen MR) is 62.3 cm³/mol. The second kappa shape index (κ2) is 5.41. The van der Waals surface area contributed by atoms with E-state index in [4.69, 9.17) is 4.84 Å². The molecule has 0 aliphatic rings. The van der Waals surface area contributed by atoms with Crippen molar-refractivity contribution in [3.05, 3.63) is 34.1 Å². The lowest BCUT2D eigenvalue weighted by Crippen LogP contribution is -2.30. The molecule has 0 aliphatic carbocycles. The third-order valence-corrected chi connectivity index (χ3v) is 3.02. The van der Waals surface area contributed by atoms with Crippen LogP contribution in [-0.2, 0) is 9.63 Å². The number of hydrogen-bond acceptors (Lipinski definition) is 2. The maximum absolute atomic E-state index is 13.7. The molecule has 1 rings (SSSR count). The van der Waals surface area contributed by atoms with Gasteiger partial charge in [0.05, 0.1) is 17.5 Å². The standard InChI is InChI=1S/C11H13BrFNO2/c1-7(11(15)14(2)16-3)8-5-4-6-9(12)10(8)13/h4-7H,1-3H3. The Kier molecular flexibility index (Phi) is 4.44. The van der Waals surface area contributed by atoms with Gasteiger partial charge >= 0.3 is 0 Å². The van der Waals surface area contributed by atoms with Crippen LogP contribution in [0, 0.1) is 5.82 Å². The van der Waals surface area contributed by atoms with Crippen molar-refractivity contribution in [2.24, 2.45) is 0 Å². The lowest BCUT2D eigenvalue weighted by Gasteiger charge is -2.19. The summed E-state index contributed by atoms with van der Waals surface area (Å²) >= 11 is 3.09. The topological polar surface area (TPSA) is 29.5 Å². The second-order valence-corrected chi connectivity index (χ2v) is 4.24. The summed E-state index contributed by atoms with van der Waals surface area (Å²) in [6.07, 6.45) is 0. The van der Waals surface area contributed by atoms with Gasteiger partial charge in [-0.1, -0.05) is 12.1 Å². The van der Waals surface area contributed by atoms with E-state index in [0.29, 0.717) is 10.0 Å². The van der Waals surface area contributed by atoms with Crippen LogP contribution >= 0.6 is 15.9 Å². The monoisotopic (exact) mass is 289 g/mol. The Bertz CT molecular complexity index is 398. The number of nitrogens with zero attached hydrogens (tertiary/aromatic N) is 1. The van der Waals surface area contributed by atoms with Crippen molar-refractivity contribution in [1.29, 1.82) is 0 Å². The molecule has 0 radical (unpaired) electrons. The fourth-order valence-corrected chi connectivity index (χ4v) is 1.73. The van der Waals surface area contributed by atoms with Crippen LogP contribution in [0.15, 0.2) is 22.7 Å². The Morgan fingerprint density at radius 1 is 1.56 bits per heavy atom. The molecule has 1 aromatic carbocycles. The lowest BCUT2D eigenvalue weighted by molar-refractivity contribution is -0.170. The number of carbonyl (C=O) groups excluding carboxylic acids is 1. The van der Waals surface area contributed by atoms with Gasteiger partial charge in [-0.15, -0.1) is 0 Å². The van der Waals surface area contributed by atoms with Gasteiger partial charge in [0.1, 0.15) is 5.82 Å². The zero-order valence-electron chi connectivity index (χ0n) is 9.33. The summed E-state index contributed by atoms with van der Waals surface area (Å²) in [4.78, 5) is 16.5. The largest absolute Gasteiger partial charge is 0.275 e. The molecule has 1 amide bonds. The number of rotatable bonds is 3. The highest BCUT2D eigenvalue weighted by Gasteiger charge is 2.22. The van der Waals surface area contributed by atoms with Crippen molar-refractivity contribution in [3.63, 3.8) is 0 Å². The summed E-state index contributed by atoms with van der Waals surface area (Å²) in [5.74, 6) is -1.28. The van der Waals surface area contributed by atoms with Crippen molar-refractivity contribution in [1.82, 2.24) is 5.06 Å². The highest BCUT2D eigenvalue weighted by atomic mass is 79.9. The van der Waals surface area contributed by atoms with Crippen LogP contribution in [-0.4, -0.2) is 25.1 Å². The molecule has 0 heterocycles. The number of likely N-dealkylation sites (N-methyl/N-ethyl adjacent to an activating group) is 1. The minimum Gasteiger partial charge on any atom is -0.275 e. The van der Waals surface area contributed by atoms with Crippen LogP contribution in [0.5, 0.6) is 0 Å². The summed E-state index contributed by atoms with van der Waals surface area (Å²) in [5, 5.41) is 1.09. The molecule has 5 heteroatoms. The molecule has 16 heavy (non-hydrogen) atoms. The molecule has 0 saturated heterocycles.